The lowest BCUT2D eigenvalue weighted by Crippen LogP contribution is -2.29. The minimum atomic E-state index is 1.10. The summed E-state index contributed by atoms with van der Waals surface area (Å²) in [5.74, 6) is 0. The standard InChI is InChI=1S/C14H13B/c1-3-7-13-11(5-1)9-10-12-6-2-4-8-14(12)15-13/h1-8,15H,9-10H2. The molecule has 0 amide bonds. The van der Waals surface area contributed by atoms with Gasteiger partial charge in [0.25, 0.3) is 0 Å². The second-order valence-electron chi connectivity index (χ2n) is 4.21. The number of aryl methyl sites for hydroxylation is 2. The van der Waals surface area contributed by atoms with Crippen molar-refractivity contribution in [1.29, 1.82) is 0 Å². The van der Waals surface area contributed by atoms with Crippen LogP contribution < -0.4 is 10.9 Å². The van der Waals surface area contributed by atoms with Gasteiger partial charge in [0.05, 0.1) is 0 Å². The fourth-order valence-corrected chi connectivity index (χ4v) is 2.42. The summed E-state index contributed by atoms with van der Waals surface area (Å²) in [5, 5.41) is 0. The topological polar surface area (TPSA) is 0 Å². The number of rotatable bonds is 0. The van der Waals surface area contributed by atoms with Crippen molar-refractivity contribution in [2.45, 2.75) is 12.8 Å². The van der Waals surface area contributed by atoms with E-state index in [0.29, 0.717) is 0 Å². The van der Waals surface area contributed by atoms with E-state index in [2.05, 4.69) is 48.5 Å². The van der Waals surface area contributed by atoms with Crippen LogP contribution in [0.3, 0.4) is 0 Å². The molecule has 0 aliphatic carbocycles. The van der Waals surface area contributed by atoms with Gasteiger partial charge in [0.15, 0.2) is 7.28 Å². The van der Waals surface area contributed by atoms with E-state index in [0.717, 1.165) is 7.28 Å². The van der Waals surface area contributed by atoms with Crippen LogP contribution in [0.15, 0.2) is 48.5 Å². The Morgan fingerprint density at radius 2 is 1.13 bits per heavy atom. The number of hydrogen-bond donors (Lipinski definition) is 0. The molecule has 0 saturated carbocycles. The highest BCUT2D eigenvalue weighted by atomic mass is 14.1. The van der Waals surface area contributed by atoms with Crippen molar-refractivity contribution in [3.8, 4) is 0 Å². The van der Waals surface area contributed by atoms with Crippen molar-refractivity contribution < 1.29 is 0 Å². The summed E-state index contributed by atoms with van der Waals surface area (Å²) < 4.78 is 0. The first-order valence-electron chi connectivity index (χ1n) is 5.57. The molecule has 0 spiro atoms. The lowest BCUT2D eigenvalue weighted by atomic mass is 9.62. The summed E-state index contributed by atoms with van der Waals surface area (Å²) in [4.78, 5) is 0. The summed E-state index contributed by atoms with van der Waals surface area (Å²) in [7, 11) is 1.10. The average Bonchev–Trinajstić information content (AvgIpc) is 2.48. The molecule has 0 saturated heterocycles. The van der Waals surface area contributed by atoms with Crippen molar-refractivity contribution in [2.75, 3.05) is 0 Å². The van der Waals surface area contributed by atoms with Gasteiger partial charge >= 0.3 is 0 Å². The molecule has 0 aromatic heterocycles. The van der Waals surface area contributed by atoms with Gasteiger partial charge in [-0.25, -0.2) is 0 Å². The zero-order chi connectivity index (χ0) is 10.1. The van der Waals surface area contributed by atoms with Crippen LogP contribution in [0.4, 0.5) is 0 Å². The lowest BCUT2D eigenvalue weighted by Gasteiger charge is -2.03. The molecule has 3 rings (SSSR count). The van der Waals surface area contributed by atoms with Gasteiger partial charge in [0.2, 0.25) is 0 Å². The average molecular weight is 192 g/mol. The Morgan fingerprint density at radius 3 is 1.67 bits per heavy atom. The van der Waals surface area contributed by atoms with Crippen LogP contribution in [0.1, 0.15) is 11.1 Å². The van der Waals surface area contributed by atoms with E-state index in [1.54, 1.807) is 0 Å². The third-order valence-electron chi connectivity index (χ3n) is 3.28. The molecule has 0 atom stereocenters. The number of fused-ring (bicyclic) bond motifs is 2. The summed E-state index contributed by atoms with van der Waals surface area (Å²) in [6, 6.07) is 17.6. The highest BCUT2D eigenvalue weighted by Gasteiger charge is 2.12. The van der Waals surface area contributed by atoms with Crippen molar-refractivity contribution in [2.24, 2.45) is 0 Å². The fourth-order valence-electron chi connectivity index (χ4n) is 2.42. The summed E-state index contributed by atoms with van der Waals surface area (Å²) in [5.41, 5.74) is 6.05. The Bertz CT molecular complexity index is 443. The van der Waals surface area contributed by atoms with Gasteiger partial charge in [-0.3, -0.25) is 0 Å². The molecule has 1 heteroatoms. The van der Waals surface area contributed by atoms with Crippen LogP contribution >= 0.6 is 0 Å². The molecule has 0 N–H and O–H groups in total. The highest BCUT2D eigenvalue weighted by molar-refractivity contribution is 6.68. The van der Waals surface area contributed by atoms with Gasteiger partial charge in [-0.1, -0.05) is 70.6 Å². The third kappa shape index (κ3) is 1.59. The molecule has 0 nitrogen and oxygen atoms in total. The molecule has 1 heterocycles. The molecule has 2 aromatic carbocycles. The highest BCUT2D eigenvalue weighted by Crippen LogP contribution is 2.07. The Labute approximate surface area is 91.2 Å². The molecule has 2 aromatic rings. The summed E-state index contributed by atoms with van der Waals surface area (Å²) >= 11 is 0. The Kier molecular flexibility index (Phi) is 2.10. The lowest BCUT2D eigenvalue weighted by molar-refractivity contribution is 0.977. The maximum Gasteiger partial charge on any atom is 0.192 e. The molecular weight excluding hydrogens is 179 g/mol. The van der Waals surface area contributed by atoms with Crippen LogP contribution in [-0.4, -0.2) is 7.28 Å². The monoisotopic (exact) mass is 192 g/mol. The van der Waals surface area contributed by atoms with Crippen LogP contribution in [-0.2, 0) is 12.8 Å². The molecule has 1 aliphatic rings. The van der Waals surface area contributed by atoms with E-state index >= 15 is 0 Å². The van der Waals surface area contributed by atoms with Crippen LogP contribution in [0.25, 0.3) is 0 Å². The molecule has 0 unspecified atom stereocenters. The van der Waals surface area contributed by atoms with E-state index in [1.807, 2.05) is 0 Å². The predicted molar refractivity (Wildman–Crippen MR) is 66.7 cm³/mol. The molecular formula is C14H13B. The normalized spacial score (nSPS) is 13.3. The number of hydrogen-bond acceptors (Lipinski definition) is 0. The van der Waals surface area contributed by atoms with Gasteiger partial charge in [0, 0.05) is 0 Å². The first-order chi connectivity index (χ1) is 7.43. The van der Waals surface area contributed by atoms with Gasteiger partial charge < -0.3 is 0 Å². The predicted octanol–water partition coefficient (Wildman–Crippen LogP) is 1.17. The van der Waals surface area contributed by atoms with Crippen LogP contribution in [0.5, 0.6) is 0 Å². The third-order valence-corrected chi connectivity index (χ3v) is 3.28. The Morgan fingerprint density at radius 1 is 0.667 bits per heavy atom. The fraction of sp³-hybridized carbons (Fsp3) is 0.143. The molecule has 0 radical (unpaired) electrons. The maximum absolute atomic E-state index is 2.27. The molecule has 0 fully saturated rings. The molecule has 0 bridgehead atoms. The smallest absolute Gasteiger partial charge is 0.0754 e. The second-order valence-corrected chi connectivity index (χ2v) is 4.21. The molecule has 15 heavy (non-hydrogen) atoms. The van der Waals surface area contributed by atoms with Gasteiger partial charge in [0.1, 0.15) is 0 Å². The minimum absolute atomic E-state index is 1.10. The maximum atomic E-state index is 2.27. The van der Waals surface area contributed by atoms with E-state index in [-0.39, 0.29) is 0 Å². The van der Waals surface area contributed by atoms with Gasteiger partial charge in [-0.2, -0.15) is 0 Å². The Balaban J connectivity index is 2.10. The van der Waals surface area contributed by atoms with E-state index < -0.39 is 0 Å². The van der Waals surface area contributed by atoms with E-state index in [9.17, 15) is 0 Å². The minimum Gasteiger partial charge on any atom is -0.0754 e. The largest absolute Gasteiger partial charge is 0.192 e. The quantitative estimate of drug-likeness (QED) is 0.549. The van der Waals surface area contributed by atoms with Crippen LogP contribution in [0, 0.1) is 0 Å². The van der Waals surface area contributed by atoms with Gasteiger partial charge in [-0.05, 0) is 12.8 Å². The van der Waals surface area contributed by atoms with Crippen LogP contribution in [0.2, 0.25) is 0 Å². The van der Waals surface area contributed by atoms with Gasteiger partial charge in [-0.15, -0.1) is 0 Å². The summed E-state index contributed by atoms with van der Waals surface area (Å²) in [6.45, 7) is 0. The first-order valence-corrected chi connectivity index (χ1v) is 5.57. The zero-order valence-electron chi connectivity index (χ0n) is 8.74. The summed E-state index contributed by atoms with van der Waals surface area (Å²) in [6.07, 6.45) is 2.38. The zero-order valence-corrected chi connectivity index (χ0v) is 8.74. The number of benzene rings is 2. The Hall–Kier alpha value is -1.50. The SMILES string of the molecule is B1c2ccccc2CCc2ccccc21. The van der Waals surface area contributed by atoms with Crippen molar-refractivity contribution in [1.82, 2.24) is 0 Å². The first kappa shape index (κ1) is 8.78. The molecule has 72 valence electrons. The van der Waals surface area contributed by atoms with Crippen molar-refractivity contribution in [3.63, 3.8) is 0 Å². The van der Waals surface area contributed by atoms with E-state index in [4.69, 9.17) is 0 Å². The van der Waals surface area contributed by atoms with Crippen molar-refractivity contribution in [3.05, 3.63) is 59.7 Å². The molecule has 1 aliphatic heterocycles. The second kappa shape index (κ2) is 3.58. The van der Waals surface area contributed by atoms with Crippen molar-refractivity contribution >= 4 is 18.2 Å². The van der Waals surface area contributed by atoms with E-state index in [1.165, 1.54) is 34.9 Å².